The average Bonchev–Trinajstić information content (AvgIpc) is 2.85. The first-order chi connectivity index (χ1) is 16.8. The number of nitrogens with zero attached hydrogens (tertiary/aromatic N) is 3. The summed E-state index contributed by atoms with van der Waals surface area (Å²) in [6.07, 6.45) is 0.0483. The molecule has 8 heteroatoms. The fraction of sp³-hybridized carbons (Fsp3) is 0.185. The summed E-state index contributed by atoms with van der Waals surface area (Å²) >= 11 is 1.20. The summed E-state index contributed by atoms with van der Waals surface area (Å²) in [5.41, 5.74) is 9.07. The van der Waals surface area contributed by atoms with Crippen LogP contribution in [-0.2, 0) is 9.59 Å². The molecule has 0 aliphatic carbocycles. The molecule has 0 spiro atoms. The predicted molar refractivity (Wildman–Crippen MR) is 140 cm³/mol. The highest BCUT2D eigenvalue weighted by Gasteiger charge is 2.20. The van der Waals surface area contributed by atoms with Crippen molar-refractivity contribution in [3.63, 3.8) is 0 Å². The number of aromatic nitrogens is 2. The third-order valence-corrected chi connectivity index (χ3v) is 6.55. The van der Waals surface area contributed by atoms with Crippen LogP contribution in [0.5, 0.6) is 0 Å². The lowest BCUT2D eigenvalue weighted by Gasteiger charge is -2.22. The molecule has 2 amide bonds. The molecule has 2 N–H and O–H groups in total. The Morgan fingerprint density at radius 1 is 1.00 bits per heavy atom. The predicted octanol–water partition coefficient (Wildman–Crippen LogP) is 4.00. The normalized spacial score (nSPS) is 10.9. The molecule has 0 aliphatic heterocycles. The molecule has 0 radical (unpaired) electrons. The molecule has 4 aromatic rings. The number of amides is 2. The quantitative estimate of drug-likeness (QED) is 0.300. The van der Waals surface area contributed by atoms with Gasteiger partial charge in [0.2, 0.25) is 11.8 Å². The Kier molecular flexibility index (Phi) is 7.31. The van der Waals surface area contributed by atoms with Crippen LogP contribution in [-0.4, -0.2) is 33.7 Å². The number of carbonyl (C=O) groups excluding carboxylic acids is 2. The Morgan fingerprint density at radius 2 is 1.71 bits per heavy atom. The molecule has 178 valence electrons. The Hall–Kier alpha value is -3.91. The van der Waals surface area contributed by atoms with E-state index in [1.54, 1.807) is 21.6 Å². The maximum atomic E-state index is 13.6. The molecule has 0 unspecified atom stereocenters. The minimum atomic E-state index is -0.480. The van der Waals surface area contributed by atoms with Gasteiger partial charge in [0, 0.05) is 18.7 Å². The van der Waals surface area contributed by atoms with Crippen molar-refractivity contribution < 1.29 is 9.59 Å². The molecule has 4 rings (SSSR count). The van der Waals surface area contributed by atoms with Crippen LogP contribution in [0.3, 0.4) is 0 Å². The number of fused-ring (bicyclic) bond motifs is 1. The smallest absolute Gasteiger partial charge is 0.266 e. The van der Waals surface area contributed by atoms with Crippen LogP contribution in [0.25, 0.3) is 16.6 Å². The summed E-state index contributed by atoms with van der Waals surface area (Å²) in [6, 6.07) is 22.2. The highest BCUT2D eigenvalue weighted by molar-refractivity contribution is 7.99. The monoisotopic (exact) mass is 486 g/mol. The molecule has 0 saturated heterocycles. The minimum Gasteiger partial charge on any atom is -0.370 e. The number of anilines is 1. The van der Waals surface area contributed by atoms with E-state index in [0.29, 0.717) is 21.7 Å². The van der Waals surface area contributed by atoms with E-state index in [-0.39, 0.29) is 30.2 Å². The number of carbonyl (C=O) groups is 2. The highest BCUT2D eigenvalue weighted by atomic mass is 32.2. The van der Waals surface area contributed by atoms with Gasteiger partial charge in [0.1, 0.15) is 0 Å². The summed E-state index contributed by atoms with van der Waals surface area (Å²) < 4.78 is 1.58. The molecule has 35 heavy (non-hydrogen) atoms. The van der Waals surface area contributed by atoms with Gasteiger partial charge in [-0.15, -0.1) is 0 Å². The first kappa shape index (κ1) is 24.2. The first-order valence-electron chi connectivity index (χ1n) is 11.2. The van der Waals surface area contributed by atoms with Gasteiger partial charge in [0.15, 0.2) is 5.16 Å². The van der Waals surface area contributed by atoms with Gasteiger partial charge in [-0.2, -0.15) is 0 Å². The molecule has 0 saturated carbocycles. The third-order valence-electron chi connectivity index (χ3n) is 5.63. The molecule has 3 aromatic carbocycles. The Labute approximate surface area is 207 Å². The zero-order chi connectivity index (χ0) is 24.9. The second kappa shape index (κ2) is 10.6. The van der Waals surface area contributed by atoms with Gasteiger partial charge < -0.3 is 10.6 Å². The molecular weight excluding hydrogens is 460 g/mol. The third kappa shape index (κ3) is 5.44. The van der Waals surface area contributed by atoms with Crippen LogP contribution in [0, 0.1) is 13.8 Å². The fourth-order valence-electron chi connectivity index (χ4n) is 3.81. The fourth-order valence-corrected chi connectivity index (χ4v) is 4.70. The van der Waals surface area contributed by atoms with Crippen molar-refractivity contribution in [1.82, 2.24) is 9.55 Å². The zero-order valence-corrected chi connectivity index (χ0v) is 20.4. The number of hydrogen-bond donors (Lipinski definition) is 1. The molecule has 0 fully saturated rings. The lowest BCUT2D eigenvalue weighted by atomic mass is 10.1. The maximum absolute atomic E-state index is 13.6. The number of primary amides is 1. The van der Waals surface area contributed by atoms with Gasteiger partial charge >= 0.3 is 0 Å². The van der Waals surface area contributed by atoms with E-state index < -0.39 is 5.91 Å². The van der Waals surface area contributed by atoms with Gasteiger partial charge in [-0.3, -0.25) is 19.0 Å². The van der Waals surface area contributed by atoms with Crippen molar-refractivity contribution in [1.29, 1.82) is 0 Å². The van der Waals surface area contributed by atoms with E-state index in [1.807, 2.05) is 74.5 Å². The van der Waals surface area contributed by atoms with Crippen LogP contribution in [0.4, 0.5) is 5.69 Å². The van der Waals surface area contributed by atoms with Crippen molar-refractivity contribution in [3.8, 4) is 5.69 Å². The molecule has 0 atom stereocenters. The molecular formula is C27H26N4O3S. The van der Waals surface area contributed by atoms with Crippen molar-refractivity contribution in [3.05, 3.63) is 94.3 Å². The summed E-state index contributed by atoms with van der Waals surface area (Å²) in [6.45, 7) is 4.08. The summed E-state index contributed by atoms with van der Waals surface area (Å²) in [4.78, 5) is 44.5. The second-order valence-electron chi connectivity index (χ2n) is 8.23. The van der Waals surface area contributed by atoms with E-state index in [2.05, 4.69) is 0 Å². The van der Waals surface area contributed by atoms with Gasteiger partial charge in [0.05, 0.1) is 22.3 Å². The van der Waals surface area contributed by atoms with Crippen LogP contribution in [0.2, 0.25) is 0 Å². The average molecular weight is 487 g/mol. The van der Waals surface area contributed by atoms with Crippen molar-refractivity contribution in [2.24, 2.45) is 5.73 Å². The molecule has 0 bridgehead atoms. The summed E-state index contributed by atoms with van der Waals surface area (Å²) in [5.74, 6) is -0.660. The van der Waals surface area contributed by atoms with Crippen LogP contribution in [0.1, 0.15) is 17.5 Å². The molecule has 7 nitrogen and oxygen atoms in total. The van der Waals surface area contributed by atoms with Crippen LogP contribution >= 0.6 is 11.8 Å². The second-order valence-corrected chi connectivity index (χ2v) is 9.17. The summed E-state index contributed by atoms with van der Waals surface area (Å²) in [7, 11) is 0. The topological polar surface area (TPSA) is 98.3 Å². The maximum Gasteiger partial charge on any atom is 0.266 e. The van der Waals surface area contributed by atoms with Gasteiger partial charge in [-0.05, 0) is 55.3 Å². The van der Waals surface area contributed by atoms with E-state index in [4.69, 9.17) is 10.7 Å². The SMILES string of the molecule is Cc1ccc(C)c(-n2c(SCC(=O)N(CCC(N)=O)c3ccccc3)nc3ccccc3c2=O)c1. The van der Waals surface area contributed by atoms with Crippen LogP contribution < -0.4 is 16.2 Å². The van der Waals surface area contributed by atoms with E-state index in [9.17, 15) is 14.4 Å². The number of hydrogen-bond acceptors (Lipinski definition) is 5. The highest BCUT2D eigenvalue weighted by Crippen LogP contribution is 2.25. The van der Waals surface area contributed by atoms with Crippen molar-refractivity contribution in [2.75, 3.05) is 17.2 Å². The van der Waals surface area contributed by atoms with E-state index in [1.165, 1.54) is 11.8 Å². The molecule has 0 aliphatic rings. The first-order valence-corrected chi connectivity index (χ1v) is 12.2. The number of rotatable bonds is 8. The number of thioether (sulfide) groups is 1. The van der Waals surface area contributed by atoms with E-state index in [0.717, 1.165) is 16.8 Å². The number of benzene rings is 3. The van der Waals surface area contributed by atoms with Gasteiger partial charge in [-0.25, -0.2) is 4.98 Å². The van der Waals surface area contributed by atoms with Crippen LogP contribution in [0.15, 0.2) is 82.7 Å². The Morgan fingerprint density at radius 3 is 2.46 bits per heavy atom. The minimum absolute atomic E-state index is 0.0311. The zero-order valence-electron chi connectivity index (χ0n) is 19.6. The largest absolute Gasteiger partial charge is 0.370 e. The van der Waals surface area contributed by atoms with Gasteiger partial charge in [-0.1, -0.05) is 54.2 Å². The van der Waals surface area contributed by atoms with Crippen molar-refractivity contribution in [2.45, 2.75) is 25.4 Å². The lowest BCUT2D eigenvalue weighted by molar-refractivity contribution is -0.118. The standard InChI is InChI=1S/C27H26N4O3S/c1-18-12-13-19(2)23(16-18)31-26(34)21-10-6-7-11-22(21)29-27(31)35-17-25(33)30(15-14-24(28)32)20-8-4-3-5-9-20/h3-13,16H,14-15,17H2,1-2H3,(H2,28,32). The molecule has 1 aromatic heterocycles. The Balaban J connectivity index is 1.72. The summed E-state index contributed by atoms with van der Waals surface area (Å²) in [5, 5.41) is 0.940. The van der Waals surface area contributed by atoms with E-state index >= 15 is 0 Å². The van der Waals surface area contributed by atoms with Crippen molar-refractivity contribution >= 4 is 40.2 Å². The lowest BCUT2D eigenvalue weighted by Crippen LogP contribution is -2.35. The Bertz CT molecular complexity index is 1450. The number of para-hydroxylation sites is 2. The molecule has 1 heterocycles. The number of nitrogens with two attached hydrogens (primary N) is 1. The van der Waals surface area contributed by atoms with Gasteiger partial charge in [0.25, 0.3) is 5.56 Å². The number of aryl methyl sites for hydroxylation is 2.